The zero-order chi connectivity index (χ0) is 33.4. The number of amides is 2. The predicted octanol–water partition coefficient (Wildman–Crippen LogP) is 5.61. The van der Waals surface area contributed by atoms with Crippen LogP contribution >= 0.6 is 11.6 Å². The van der Waals surface area contributed by atoms with Gasteiger partial charge in [-0.25, -0.2) is 12.8 Å². The van der Waals surface area contributed by atoms with Crippen molar-refractivity contribution in [3.05, 3.63) is 119 Å². The van der Waals surface area contributed by atoms with Gasteiger partial charge in [-0.2, -0.15) is 0 Å². The molecule has 1 N–H and O–H groups in total. The van der Waals surface area contributed by atoms with Crippen molar-refractivity contribution < 1.29 is 31.9 Å². The number of anilines is 1. The van der Waals surface area contributed by atoms with Crippen LogP contribution in [0.3, 0.4) is 0 Å². The fourth-order valence-electron chi connectivity index (χ4n) is 5.15. The van der Waals surface area contributed by atoms with Crippen LogP contribution in [-0.4, -0.2) is 57.5 Å². The van der Waals surface area contributed by atoms with Gasteiger partial charge in [-0.3, -0.25) is 13.9 Å². The van der Waals surface area contributed by atoms with Crippen LogP contribution in [0, 0.1) is 5.82 Å². The molecule has 0 radical (unpaired) electrons. The molecular formula is C35H35ClFN3O6S. The third-order valence-electron chi connectivity index (χ3n) is 7.58. The lowest BCUT2D eigenvalue weighted by molar-refractivity contribution is -0.140. The maximum atomic E-state index is 14.5. The minimum absolute atomic E-state index is 0.00558. The summed E-state index contributed by atoms with van der Waals surface area (Å²) in [4.78, 5) is 29.4. The largest absolute Gasteiger partial charge is 0.486 e. The summed E-state index contributed by atoms with van der Waals surface area (Å²) < 4.78 is 54.6. The summed E-state index contributed by atoms with van der Waals surface area (Å²) in [6.45, 7) is 2.21. The highest BCUT2D eigenvalue weighted by atomic mass is 35.5. The topological polar surface area (TPSA) is 105 Å². The number of carbonyl (C=O) groups excluding carboxylic acids is 2. The van der Waals surface area contributed by atoms with E-state index in [0.29, 0.717) is 35.9 Å². The molecule has 9 nitrogen and oxygen atoms in total. The Bertz CT molecular complexity index is 1790. The van der Waals surface area contributed by atoms with Crippen LogP contribution in [0.2, 0.25) is 5.02 Å². The SMILES string of the molecule is CCCNC(=O)C(Cc1ccccc1)N(Cc1ccc(Cl)cc1)C(=O)CN(c1ccc(F)cc1)S(=O)(=O)c1ccc2c(c1)OCCO2. The second kappa shape index (κ2) is 15.3. The van der Waals surface area contributed by atoms with E-state index in [1.165, 1.54) is 35.2 Å². The fraction of sp³-hybridized carbons (Fsp3) is 0.257. The van der Waals surface area contributed by atoms with Gasteiger partial charge in [0.15, 0.2) is 11.5 Å². The number of sulfonamides is 1. The Morgan fingerprint density at radius 1 is 0.894 bits per heavy atom. The normalized spacial score (nSPS) is 13.0. The van der Waals surface area contributed by atoms with Crippen LogP contribution in [0.4, 0.5) is 10.1 Å². The van der Waals surface area contributed by atoms with E-state index in [1.807, 2.05) is 37.3 Å². The number of rotatable bonds is 13. The number of fused-ring (bicyclic) bond motifs is 1. The highest BCUT2D eigenvalue weighted by Gasteiger charge is 2.35. The first kappa shape index (κ1) is 33.7. The summed E-state index contributed by atoms with van der Waals surface area (Å²) in [6, 6.07) is 24.2. The first-order valence-electron chi connectivity index (χ1n) is 15.2. The van der Waals surface area contributed by atoms with Crippen LogP contribution in [0.15, 0.2) is 102 Å². The first-order valence-corrected chi connectivity index (χ1v) is 17.0. The number of carbonyl (C=O) groups is 2. The summed E-state index contributed by atoms with van der Waals surface area (Å²) in [5, 5.41) is 3.41. The van der Waals surface area contributed by atoms with Gasteiger partial charge in [-0.15, -0.1) is 0 Å². The van der Waals surface area contributed by atoms with Crippen LogP contribution in [0.25, 0.3) is 0 Å². The number of halogens is 2. The van der Waals surface area contributed by atoms with Gasteiger partial charge >= 0.3 is 0 Å². The molecule has 12 heteroatoms. The van der Waals surface area contributed by atoms with Crippen molar-refractivity contribution in [2.24, 2.45) is 0 Å². The minimum Gasteiger partial charge on any atom is -0.486 e. The van der Waals surface area contributed by atoms with Crippen LogP contribution in [0.1, 0.15) is 24.5 Å². The van der Waals surface area contributed by atoms with Crippen LogP contribution < -0.4 is 19.1 Å². The van der Waals surface area contributed by atoms with E-state index in [4.69, 9.17) is 21.1 Å². The molecule has 5 rings (SSSR count). The Labute approximate surface area is 278 Å². The van der Waals surface area contributed by atoms with Gasteiger partial charge in [0.2, 0.25) is 11.8 Å². The number of benzene rings is 4. The van der Waals surface area contributed by atoms with Crippen molar-refractivity contribution in [3.8, 4) is 11.5 Å². The Morgan fingerprint density at radius 2 is 1.57 bits per heavy atom. The number of hydrogen-bond donors (Lipinski definition) is 1. The van der Waals surface area contributed by atoms with Gasteiger partial charge in [0.05, 0.1) is 10.6 Å². The molecule has 4 aromatic carbocycles. The number of nitrogens with one attached hydrogen (secondary N) is 1. The van der Waals surface area contributed by atoms with E-state index >= 15 is 0 Å². The lowest BCUT2D eigenvalue weighted by Crippen LogP contribution is -2.53. The van der Waals surface area contributed by atoms with Gasteiger partial charge in [0, 0.05) is 30.6 Å². The Morgan fingerprint density at radius 3 is 2.26 bits per heavy atom. The monoisotopic (exact) mass is 679 g/mol. The summed E-state index contributed by atoms with van der Waals surface area (Å²) >= 11 is 6.13. The molecule has 246 valence electrons. The van der Waals surface area contributed by atoms with Crippen LogP contribution in [0.5, 0.6) is 11.5 Å². The van der Waals surface area contributed by atoms with E-state index in [-0.39, 0.29) is 41.8 Å². The molecule has 0 fully saturated rings. The average Bonchev–Trinajstić information content (AvgIpc) is 3.09. The molecule has 1 atom stereocenters. The molecular weight excluding hydrogens is 645 g/mol. The molecule has 0 saturated heterocycles. The highest BCUT2D eigenvalue weighted by Crippen LogP contribution is 2.34. The second-order valence-electron chi connectivity index (χ2n) is 10.9. The number of nitrogens with zero attached hydrogens (tertiary/aromatic N) is 2. The van der Waals surface area contributed by atoms with Crippen LogP contribution in [-0.2, 0) is 32.6 Å². The summed E-state index contributed by atoms with van der Waals surface area (Å²) in [5.74, 6) is -0.936. The molecule has 0 aliphatic carbocycles. The van der Waals surface area contributed by atoms with Gasteiger partial charge in [-0.1, -0.05) is 61.0 Å². The number of ether oxygens (including phenoxy) is 2. The minimum atomic E-state index is -4.42. The molecule has 47 heavy (non-hydrogen) atoms. The summed E-state index contributed by atoms with van der Waals surface area (Å²) in [6.07, 6.45) is 0.863. The van der Waals surface area contributed by atoms with Gasteiger partial charge in [0.1, 0.15) is 31.6 Å². The van der Waals surface area contributed by atoms with E-state index < -0.39 is 34.3 Å². The Hall–Kier alpha value is -4.61. The maximum Gasteiger partial charge on any atom is 0.264 e. The van der Waals surface area contributed by atoms with Crippen molar-refractivity contribution >= 4 is 39.1 Å². The van der Waals surface area contributed by atoms with E-state index in [1.54, 1.807) is 24.3 Å². The molecule has 0 saturated carbocycles. The zero-order valence-electron chi connectivity index (χ0n) is 25.8. The Balaban J connectivity index is 1.56. The number of hydrogen-bond acceptors (Lipinski definition) is 6. The van der Waals surface area contributed by atoms with Crippen molar-refractivity contribution in [3.63, 3.8) is 0 Å². The molecule has 0 aromatic heterocycles. The standard InChI is InChI=1S/C35H35ClFN3O6S/c1-2-18-38-35(42)31(21-25-6-4-3-5-7-25)39(23-26-8-10-27(36)11-9-26)34(41)24-40(29-14-12-28(37)13-15-29)47(43,44)30-16-17-32-33(22-30)46-20-19-45-32/h3-17,22,31H,2,18-21,23-24H2,1H3,(H,38,42). The van der Waals surface area contributed by atoms with E-state index in [9.17, 15) is 22.4 Å². The summed E-state index contributed by atoms with van der Waals surface area (Å²) in [7, 11) is -4.42. The van der Waals surface area contributed by atoms with Crippen molar-refractivity contribution in [1.29, 1.82) is 0 Å². The molecule has 1 unspecified atom stereocenters. The molecule has 0 bridgehead atoms. The highest BCUT2D eigenvalue weighted by molar-refractivity contribution is 7.92. The van der Waals surface area contributed by atoms with E-state index in [0.717, 1.165) is 22.0 Å². The Kier molecular flexibility index (Phi) is 11.0. The first-order chi connectivity index (χ1) is 22.7. The molecule has 4 aromatic rings. The van der Waals surface area contributed by atoms with Gasteiger partial charge < -0.3 is 19.7 Å². The molecule has 2 amide bonds. The lowest BCUT2D eigenvalue weighted by Gasteiger charge is -2.34. The third-order valence-corrected chi connectivity index (χ3v) is 9.60. The average molecular weight is 680 g/mol. The van der Waals surface area contributed by atoms with Crippen molar-refractivity contribution in [2.75, 3.05) is 30.6 Å². The quantitative estimate of drug-likeness (QED) is 0.197. The van der Waals surface area contributed by atoms with Gasteiger partial charge in [0.25, 0.3) is 10.0 Å². The lowest BCUT2D eigenvalue weighted by atomic mass is 10.0. The summed E-state index contributed by atoms with van der Waals surface area (Å²) in [5.41, 5.74) is 1.57. The maximum absolute atomic E-state index is 14.5. The smallest absolute Gasteiger partial charge is 0.264 e. The second-order valence-corrected chi connectivity index (χ2v) is 13.2. The molecule has 1 heterocycles. The van der Waals surface area contributed by atoms with Crippen molar-refractivity contribution in [1.82, 2.24) is 10.2 Å². The molecule has 1 aliphatic rings. The van der Waals surface area contributed by atoms with E-state index in [2.05, 4.69) is 5.32 Å². The predicted molar refractivity (Wildman–Crippen MR) is 178 cm³/mol. The molecule has 1 aliphatic heterocycles. The third kappa shape index (κ3) is 8.41. The van der Waals surface area contributed by atoms with Crippen molar-refractivity contribution in [2.45, 2.75) is 37.2 Å². The fourth-order valence-corrected chi connectivity index (χ4v) is 6.71. The van der Waals surface area contributed by atoms with Gasteiger partial charge in [-0.05, 0) is 66.1 Å². The molecule has 0 spiro atoms. The zero-order valence-corrected chi connectivity index (χ0v) is 27.3.